The molecule has 0 atom stereocenters. The highest BCUT2D eigenvalue weighted by Crippen LogP contribution is 2.51. The minimum atomic E-state index is 0.892. The fraction of sp³-hybridized carbons (Fsp3) is 0. The smallest absolute Gasteiger partial charge is 0.143 e. The largest absolute Gasteiger partial charge is 0.456 e. The fourth-order valence-corrected chi connectivity index (χ4v) is 18.3. The van der Waals surface area contributed by atoms with E-state index in [-0.39, 0.29) is 0 Å². The van der Waals surface area contributed by atoms with Crippen molar-refractivity contribution in [1.29, 1.82) is 0 Å². The molecular formula is C108H64O4. The zero-order chi connectivity index (χ0) is 73.5. The van der Waals surface area contributed by atoms with Crippen LogP contribution >= 0.6 is 0 Å². The Morgan fingerprint density at radius 2 is 0.420 bits per heavy atom. The molecule has 0 spiro atoms. The highest BCUT2D eigenvalue weighted by molar-refractivity contribution is 6.25. The van der Waals surface area contributed by atoms with Gasteiger partial charge in [-0.25, -0.2) is 0 Å². The number of fused-ring (bicyclic) bond motifs is 18. The van der Waals surface area contributed by atoms with Gasteiger partial charge in [0, 0.05) is 54.2 Å². The van der Waals surface area contributed by atoms with E-state index in [2.05, 4.69) is 352 Å². The maximum absolute atomic E-state index is 6.66. The van der Waals surface area contributed by atoms with E-state index in [0.29, 0.717) is 0 Å². The van der Waals surface area contributed by atoms with Crippen molar-refractivity contribution in [2.75, 3.05) is 0 Å². The summed E-state index contributed by atoms with van der Waals surface area (Å²) >= 11 is 0. The molecule has 112 heavy (non-hydrogen) atoms. The molecule has 0 unspecified atom stereocenters. The van der Waals surface area contributed by atoms with Gasteiger partial charge in [-0.1, -0.05) is 303 Å². The third-order valence-corrected chi connectivity index (χ3v) is 23.3. The van der Waals surface area contributed by atoms with Crippen LogP contribution in [0.15, 0.2) is 406 Å². The average Bonchev–Trinajstić information content (AvgIpc) is 0.838. The zero-order valence-corrected chi connectivity index (χ0v) is 60.6. The van der Waals surface area contributed by atoms with Crippen LogP contribution in [0.4, 0.5) is 0 Å². The van der Waals surface area contributed by atoms with Gasteiger partial charge in [0.05, 0.1) is 0 Å². The Morgan fingerprint density at radius 3 is 0.821 bits per heavy atom. The minimum absolute atomic E-state index is 0.892. The van der Waals surface area contributed by atoms with Gasteiger partial charge in [-0.2, -0.15) is 0 Å². The normalized spacial score (nSPS) is 11.9. The van der Waals surface area contributed by atoms with Crippen molar-refractivity contribution >= 4 is 152 Å². The van der Waals surface area contributed by atoms with E-state index in [1.165, 1.54) is 120 Å². The van der Waals surface area contributed by atoms with Crippen molar-refractivity contribution in [1.82, 2.24) is 0 Å². The average molecular weight is 1430 g/mol. The molecule has 0 saturated carbocycles. The zero-order valence-electron chi connectivity index (χ0n) is 60.6. The molecule has 0 aliphatic carbocycles. The third-order valence-electron chi connectivity index (χ3n) is 23.3. The Bertz CT molecular complexity index is 7660. The molecule has 4 aromatic heterocycles. The van der Waals surface area contributed by atoms with Gasteiger partial charge >= 0.3 is 0 Å². The predicted molar refractivity (Wildman–Crippen MR) is 471 cm³/mol. The molecule has 4 nitrogen and oxygen atoms in total. The Kier molecular flexibility index (Phi) is 14.3. The summed E-state index contributed by atoms with van der Waals surface area (Å²) in [7, 11) is 0. The number of hydrogen-bond donors (Lipinski definition) is 0. The van der Waals surface area contributed by atoms with Crippen LogP contribution in [0.25, 0.3) is 241 Å². The highest BCUT2D eigenvalue weighted by Gasteiger charge is 2.24. The molecule has 0 fully saturated rings. The lowest BCUT2D eigenvalue weighted by molar-refractivity contribution is 0.668. The van der Waals surface area contributed by atoms with E-state index in [1.807, 2.05) is 36.4 Å². The molecular weight excluding hydrogens is 1360 g/mol. The standard InChI is InChI=1S/2C54H32O2/c1-2-14-33(15-3-1)47-31-35(30-34-16-4-5-17-36(34)47)52-41-22-10-20-37(43-24-12-26-45-39-18-6-8-28-50(39)55-53(43)45)48(41)32-49-38(21-11-23-42(49)52)44-25-13-27-46-40-19-7-9-29-51(40)56-54(44)46;1-2-12-33(13-3-1)47-29-37(28-34-14-4-5-15-38(34)47)54-45-20-10-18-39(35-24-26-43-41-16-6-8-22-50(41)55-52(43)30-35)48(45)32-49-40(19-11-21-46(49)54)36-25-27-44-42-17-7-9-23-51(42)56-53(44)31-36/h2*1-32H. The first-order chi connectivity index (χ1) is 55.5. The van der Waals surface area contributed by atoms with Gasteiger partial charge in [0.2, 0.25) is 0 Å². The Balaban J connectivity index is 0.000000134. The van der Waals surface area contributed by atoms with Gasteiger partial charge < -0.3 is 17.7 Å². The highest BCUT2D eigenvalue weighted by atomic mass is 16.3. The summed E-state index contributed by atoms with van der Waals surface area (Å²) < 4.78 is 26.1. The summed E-state index contributed by atoms with van der Waals surface area (Å²) in [6.45, 7) is 0. The fourth-order valence-electron chi connectivity index (χ4n) is 18.3. The summed E-state index contributed by atoms with van der Waals surface area (Å²) in [5.74, 6) is 0. The van der Waals surface area contributed by atoms with E-state index in [1.54, 1.807) is 0 Å². The Hall–Kier alpha value is -14.8. The quantitative estimate of drug-likeness (QED) is 0.142. The van der Waals surface area contributed by atoms with Crippen molar-refractivity contribution in [3.63, 3.8) is 0 Å². The molecule has 0 aliphatic rings. The topological polar surface area (TPSA) is 52.6 Å². The SMILES string of the molecule is c1ccc(-c2cc(-c3c4cccc(-c5ccc6c(c5)oc5ccccc56)c4cc4c(-c5ccc6c(c5)oc5ccccc56)cccc34)cc3ccccc23)cc1.c1ccc(-c2cc(-c3c4cccc(-c5cccc6c5oc5ccccc56)c4cc4c(-c5cccc6c5oc5ccccc56)cccc34)cc3ccccc23)cc1. The number of para-hydroxylation sites is 6. The molecule has 0 radical (unpaired) electrons. The van der Waals surface area contributed by atoms with Gasteiger partial charge in [0.1, 0.15) is 44.7 Å². The molecule has 24 aromatic rings. The molecule has 4 heterocycles. The molecule has 0 aliphatic heterocycles. The van der Waals surface area contributed by atoms with Crippen LogP contribution in [-0.4, -0.2) is 0 Å². The second kappa shape index (κ2) is 25.4. The van der Waals surface area contributed by atoms with E-state index in [4.69, 9.17) is 17.7 Å². The molecule has 0 bridgehead atoms. The van der Waals surface area contributed by atoms with Gasteiger partial charge in [-0.05, 0) is 227 Å². The summed E-state index contributed by atoms with van der Waals surface area (Å²) in [5, 5.41) is 23.4. The molecule has 0 amide bonds. The maximum atomic E-state index is 6.66. The third kappa shape index (κ3) is 10.1. The van der Waals surface area contributed by atoms with E-state index in [9.17, 15) is 0 Å². The number of furan rings is 4. The van der Waals surface area contributed by atoms with Crippen LogP contribution in [-0.2, 0) is 0 Å². The first-order valence-electron chi connectivity index (χ1n) is 38.3. The van der Waals surface area contributed by atoms with Crippen molar-refractivity contribution in [3.8, 4) is 89.0 Å². The number of benzene rings is 20. The monoisotopic (exact) mass is 1420 g/mol. The second-order valence-corrected chi connectivity index (χ2v) is 29.5. The van der Waals surface area contributed by atoms with Crippen molar-refractivity contribution < 1.29 is 17.7 Å². The lowest BCUT2D eigenvalue weighted by atomic mass is 9.84. The van der Waals surface area contributed by atoms with Crippen LogP contribution in [0.1, 0.15) is 0 Å². The Labute approximate surface area is 643 Å². The van der Waals surface area contributed by atoms with Gasteiger partial charge in [-0.3, -0.25) is 0 Å². The Morgan fingerprint density at radius 1 is 0.125 bits per heavy atom. The van der Waals surface area contributed by atoms with Crippen molar-refractivity contribution in [3.05, 3.63) is 388 Å². The summed E-state index contributed by atoms with van der Waals surface area (Å²) in [4.78, 5) is 0. The van der Waals surface area contributed by atoms with Crippen molar-refractivity contribution in [2.24, 2.45) is 0 Å². The number of rotatable bonds is 8. The predicted octanol–water partition coefficient (Wildman–Crippen LogP) is 31.2. The second-order valence-electron chi connectivity index (χ2n) is 29.5. The van der Waals surface area contributed by atoms with E-state index >= 15 is 0 Å². The molecule has 20 aromatic carbocycles. The van der Waals surface area contributed by atoms with Crippen LogP contribution in [0, 0.1) is 0 Å². The first kappa shape index (κ1) is 63.3. The lowest BCUT2D eigenvalue weighted by Crippen LogP contribution is -1.92. The van der Waals surface area contributed by atoms with E-state index in [0.717, 1.165) is 121 Å². The summed E-state index contributed by atoms with van der Waals surface area (Å²) in [6.07, 6.45) is 0. The van der Waals surface area contributed by atoms with Gasteiger partial charge in [-0.15, -0.1) is 0 Å². The van der Waals surface area contributed by atoms with Crippen LogP contribution in [0.3, 0.4) is 0 Å². The van der Waals surface area contributed by atoms with E-state index < -0.39 is 0 Å². The molecule has 0 saturated heterocycles. The minimum Gasteiger partial charge on any atom is -0.456 e. The molecule has 4 heteroatoms. The van der Waals surface area contributed by atoms with Gasteiger partial charge in [0.25, 0.3) is 0 Å². The first-order valence-corrected chi connectivity index (χ1v) is 38.3. The van der Waals surface area contributed by atoms with Crippen LogP contribution in [0.5, 0.6) is 0 Å². The summed E-state index contributed by atoms with van der Waals surface area (Å²) in [6, 6.07) is 140. The van der Waals surface area contributed by atoms with Crippen molar-refractivity contribution in [2.45, 2.75) is 0 Å². The maximum Gasteiger partial charge on any atom is 0.143 e. The van der Waals surface area contributed by atoms with Crippen LogP contribution in [0.2, 0.25) is 0 Å². The molecule has 0 N–H and O–H groups in total. The molecule has 24 rings (SSSR count). The lowest BCUT2D eigenvalue weighted by Gasteiger charge is -2.19. The number of hydrogen-bond acceptors (Lipinski definition) is 4. The van der Waals surface area contributed by atoms with Crippen LogP contribution < -0.4 is 0 Å². The summed E-state index contributed by atoms with van der Waals surface area (Å²) in [5.41, 5.74) is 25.8. The molecule has 520 valence electrons. The van der Waals surface area contributed by atoms with Gasteiger partial charge in [0.15, 0.2) is 0 Å².